The molecule has 0 radical (unpaired) electrons. The lowest BCUT2D eigenvalue weighted by Gasteiger charge is -2.22. The van der Waals surface area contributed by atoms with Gasteiger partial charge in [0.15, 0.2) is 6.29 Å². The monoisotopic (exact) mass is 713 g/mol. The molecular weight excluding hydrogens is 653 g/mol. The van der Waals surface area contributed by atoms with Crippen LogP contribution >= 0.6 is 0 Å². The topological polar surface area (TPSA) is 104 Å². The van der Waals surface area contributed by atoms with Crippen molar-refractivity contribution in [2.45, 2.75) is 123 Å². The molecule has 0 spiro atoms. The molecule has 0 saturated heterocycles. The molecular formula is C44H60FN3O4. The van der Waals surface area contributed by atoms with E-state index in [1.165, 1.54) is 31.4 Å². The van der Waals surface area contributed by atoms with Crippen LogP contribution in [0.15, 0.2) is 84.9 Å². The highest BCUT2D eigenvalue weighted by atomic mass is 19.1. The fraction of sp³-hybridized carbons (Fsp3) is 0.455. The van der Waals surface area contributed by atoms with Crippen molar-refractivity contribution in [1.29, 1.82) is 0 Å². The summed E-state index contributed by atoms with van der Waals surface area (Å²) in [5, 5.41) is 27.7. The Bertz CT molecular complexity index is 1600. The van der Waals surface area contributed by atoms with Gasteiger partial charge in [-0.05, 0) is 79.1 Å². The van der Waals surface area contributed by atoms with Crippen molar-refractivity contribution in [3.63, 3.8) is 0 Å². The Morgan fingerprint density at radius 3 is 1.96 bits per heavy atom. The van der Waals surface area contributed by atoms with Crippen molar-refractivity contribution in [3.05, 3.63) is 102 Å². The standard InChI is InChI=1S/C35H45FN2O4.C7H9N.C2H6/c1-24(2)34-31(23-39)33(25-11-7-6-8-12-25)35(26-15-17-27(36)18-16-26)38(34)20-19-29(40)21-30(41)22-32(42)37-28-13-9-4-3-5-10-14-28;1-8-7-5-3-2-4-6-7;1-2/h6-8,11-12,15-18,23-24,28-30,40-41H,3-5,9-10,13-14,19-22H2,1-2H3,(H,37,42);2-6,8H,1H3;1-2H3. The molecule has 1 amide bonds. The minimum atomic E-state index is -0.954. The molecule has 5 rings (SSSR count). The number of aliphatic hydroxyl groups is 2. The lowest BCUT2D eigenvalue weighted by molar-refractivity contribution is -0.124. The number of para-hydroxylation sites is 1. The van der Waals surface area contributed by atoms with Gasteiger partial charge in [0, 0.05) is 42.1 Å². The maximum Gasteiger partial charge on any atom is 0.222 e. The van der Waals surface area contributed by atoms with Crippen molar-refractivity contribution < 1.29 is 24.2 Å². The Hall–Kier alpha value is -4.27. The number of aromatic nitrogens is 1. The predicted molar refractivity (Wildman–Crippen MR) is 212 cm³/mol. The van der Waals surface area contributed by atoms with E-state index in [4.69, 9.17) is 0 Å². The third-order valence-corrected chi connectivity index (χ3v) is 9.37. The average molecular weight is 714 g/mol. The summed E-state index contributed by atoms with van der Waals surface area (Å²) in [6.45, 7) is 8.43. The van der Waals surface area contributed by atoms with Crippen LogP contribution in [0.1, 0.15) is 114 Å². The highest BCUT2D eigenvalue weighted by Gasteiger charge is 2.27. The second kappa shape index (κ2) is 22.6. The largest absolute Gasteiger partial charge is 0.393 e. The van der Waals surface area contributed by atoms with Gasteiger partial charge in [0.1, 0.15) is 5.82 Å². The minimum Gasteiger partial charge on any atom is -0.393 e. The quantitative estimate of drug-likeness (QED) is 0.103. The van der Waals surface area contributed by atoms with E-state index in [-0.39, 0.29) is 36.5 Å². The molecule has 4 aromatic rings. The first-order valence-electron chi connectivity index (χ1n) is 19.1. The fourth-order valence-electron chi connectivity index (χ4n) is 6.93. The van der Waals surface area contributed by atoms with Crippen molar-refractivity contribution in [2.75, 3.05) is 12.4 Å². The first-order valence-corrected chi connectivity index (χ1v) is 19.1. The summed E-state index contributed by atoms with van der Waals surface area (Å²) in [5.41, 5.74) is 5.80. The van der Waals surface area contributed by atoms with Gasteiger partial charge in [-0.25, -0.2) is 4.39 Å². The third-order valence-electron chi connectivity index (χ3n) is 9.37. The van der Waals surface area contributed by atoms with Gasteiger partial charge in [-0.2, -0.15) is 0 Å². The molecule has 1 aliphatic rings. The van der Waals surface area contributed by atoms with Crippen molar-refractivity contribution in [3.8, 4) is 22.4 Å². The van der Waals surface area contributed by atoms with Crippen molar-refractivity contribution >= 4 is 17.9 Å². The Balaban J connectivity index is 0.000000635. The lowest BCUT2D eigenvalue weighted by Crippen LogP contribution is -2.37. The van der Waals surface area contributed by atoms with Gasteiger partial charge in [-0.15, -0.1) is 0 Å². The van der Waals surface area contributed by atoms with Crippen molar-refractivity contribution in [1.82, 2.24) is 9.88 Å². The summed E-state index contributed by atoms with van der Waals surface area (Å²) in [4.78, 5) is 25.2. The molecule has 7 nitrogen and oxygen atoms in total. The molecule has 282 valence electrons. The number of hydrogen-bond acceptors (Lipinski definition) is 5. The van der Waals surface area contributed by atoms with Crippen LogP contribution in [0.5, 0.6) is 0 Å². The van der Waals surface area contributed by atoms with E-state index in [0.717, 1.165) is 65.7 Å². The highest BCUT2D eigenvalue weighted by molar-refractivity contribution is 5.97. The number of anilines is 1. The summed E-state index contributed by atoms with van der Waals surface area (Å²) in [7, 11) is 1.91. The summed E-state index contributed by atoms with van der Waals surface area (Å²) >= 11 is 0. The summed E-state index contributed by atoms with van der Waals surface area (Å²) in [6, 6.07) is 26.1. The van der Waals surface area contributed by atoms with Crippen LogP contribution in [0.2, 0.25) is 0 Å². The molecule has 3 aromatic carbocycles. The second-order valence-corrected chi connectivity index (χ2v) is 13.6. The second-order valence-electron chi connectivity index (χ2n) is 13.6. The number of carbonyl (C=O) groups excluding carboxylic acids is 2. The van der Waals surface area contributed by atoms with Gasteiger partial charge in [-0.3, -0.25) is 9.59 Å². The highest BCUT2D eigenvalue weighted by Crippen LogP contribution is 2.41. The number of rotatable bonds is 13. The first kappa shape index (κ1) is 42.1. The molecule has 52 heavy (non-hydrogen) atoms. The molecule has 1 heterocycles. The van der Waals surface area contributed by atoms with Crippen LogP contribution in [-0.4, -0.2) is 52.3 Å². The number of benzene rings is 3. The van der Waals surface area contributed by atoms with Gasteiger partial charge in [-0.1, -0.05) is 108 Å². The number of nitrogens with one attached hydrogen (secondary N) is 2. The summed E-state index contributed by atoms with van der Waals surface area (Å²) in [5.74, 6) is -0.517. The zero-order valence-electron chi connectivity index (χ0n) is 31.8. The van der Waals surface area contributed by atoms with Crippen molar-refractivity contribution in [2.24, 2.45) is 0 Å². The molecule has 2 atom stereocenters. The Morgan fingerprint density at radius 2 is 1.42 bits per heavy atom. The van der Waals surface area contributed by atoms with E-state index >= 15 is 0 Å². The SMILES string of the molecule is CC.CC(C)c1c(C=O)c(-c2ccccc2)c(-c2ccc(F)cc2)n1CCC(O)CC(O)CC(=O)NC1CCCCCCC1.CNc1ccccc1. The van der Waals surface area contributed by atoms with E-state index in [9.17, 15) is 24.2 Å². The Labute approximate surface area is 310 Å². The van der Waals surface area contributed by atoms with Gasteiger partial charge >= 0.3 is 0 Å². The number of amides is 1. The summed E-state index contributed by atoms with van der Waals surface area (Å²) in [6.07, 6.45) is 7.27. The Morgan fingerprint density at radius 1 is 0.846 bits per heavy atom. The molecule has 1 saturated carbocycles. The van der Waals surface area contributed by atoms with Gasteiger partial charge < -0.3 is 25.4 Å². The van der Waals surface area contributed by atoms with E-state index in [1.807, 2.05) is 95.4 Å². The number of aliphatic hydroxyl groups excluding tert-OH is 2. The fourth-order valence-corrected chi connectivity index (χ4v) is 6.93. The number of hydrogen-bond donors (Lipinski definition) is 4. The maximum atomic E-state index is 13.9. The first-order chi connectivity index (χ1) is 25.2. The average Bonchev–Trinajstić information content (AvgIpc) is 3.48. The molecule has 1 aliphatic carbocycles. The van der Waals surface area contributed by atoms with Gasteiger partial charge in [0.05, 0.1) is 24.3 Å². The molecule has 8 heteroatoms. The molecule has 2 unspecified atom stereocenters. The predicted octanol–water partition coefficient (Wildman–Crippen LogP) is 9.77. The van der Waals surface area contributed by atoms with Crippen LogP contribution < -0.4 is 10.6 Å². The number of halogens is 1. The lowest BCUT2D eigenvalue weighted by atomic mass is 9.96. The Kier molecular flexibility index (Phi) is 18.3. The molecule has 0 aliphatic heterocycles. The summed E-state index contributed by atoms with van der Waals surface area (Å²) < 4.78 is 15.9. The van der Waals surface area contributed by atoms with Crippen LogP contribution in [0, 0.1) is 5.82 Å². The van der Waals surface area contributed by atoms with Gasteiger partial charge in [0.25, 0.3) is 0 Å². The zero-order chi connectivity index (χ0) is 37.9. The van der Waals surface area contributed by atoms with E-state index in [1.54, 1.807) is 12.1 Å². The third kappa shape index (κ3) is 12.7. The smallest absolute Gasteiger partial charge is 0.222 e. The zero-order valence-corrected chi connectivity index (χ0v) is 31.8. The maximum absolute atomic E-state index is 13.9. The molecule has 4 N–H and O–H groups in total. The van der Waals surface area contributed by atoms with E-state index in [0.29, 0.717) is 18.5 Å². The van der Waals surface area contributed by atoms with Crippen LogP contribution in [0.3, 0.4) is 0 Å². The van der Waals surface area contributed by atoms with E-state index < -0.39 is 12.2 Å². The minimum absolute atomic E-state index is 0.00146. The molecule has 1 aromatic heterocycles. The van der Waals surface area contributed by atoms with Gasteiger partial charge in [0.2, 0.25) is 5.91 Å². The number of aldehydes is 1. The molecule has 0 bridgehead atoms. The van der Waals surface area contributed by atoms with Crippen LogP contribution in [0.4, 0.5) is 10.1 Å². The molecule has 1 fully saturated rings. The number of nitrogens with zero attached hydrogens (tertiary/aromatic N) is 1. The number of carbonyl (C=O) groups is 2. The van der Waals surface area contributed by atoms with E-state index in [2.05, 4.69) is 15.2 Å². The van der Waals surface area contributed by atoms with Crippen LogP contribution in [0.25, 0.3) is 22.4 Å². The van der Waals surface area contributed by atoms with Crippen LogP contribution in [-0.2, 0) is 11.3 Å². The normalized spacial score (nSPS) is 14.4.